The van der Waals surface area contributed by atoms with Gasteiger partial charge in [-0.3, -0.25) is 0 Å². The summed E-state index contributed by atoms with van der Waals surface area (Å²) in [5, 5.41) is 0.916. The first-order valence-corrected chi connectivity index (χ1v) is 5.65. The number of benzene rings is 1. The Kier molecular flexibility index (Phi) is 4.22. The molecule has 0 spiro atoms. The van der Waals surface area contributed by atoms with E-state index in [0.717, 1.165) is 28.2 Å². The van der Waals surface area contributed by atoms with Crippen LogP contribution in [0.3, 0.4) is 0 Å². The van der Waals surface area contributed by atoms with Crippen LogP contribution < -0.4 is 0 Å². The lowest BCUT2D eigenvalue weighted by molar-refractivity contribution is 0.607. The standard InChI is InChI=1S/C9H9Br2F/c10-5-1-2-7-6-8(11)3-4-9(7)12/h3-4,6H,1-2,5H2. The number of rotatable bonds is 3. The SMILES string of the molecule is Fc1ccc(Br)cc1CCCBr. The molecule has 0 atom stereocenters. The van der Waals surface area contributed by atoms with E-state index in [-0.39, 0.29) is 5.82 Å². The van der Waals surface area contributed by atoms with Crippen molar-refractivity contribution >= 4 is 31.9 Å². The second-order valence-electron chi connectivity index (χ2n) is 2.53. The lowest BCUT2D eigenvalue weighted by atomic mass is 10.1. The first-order valence-electron chi connectivity index (χ1n) is 3.74. The number of halogens is 3. The molecule has 0 amide bonds. The molecule has 0 N–H and O–H groups in total. The van der Waals surface area contributed by atoms with E-state index >= 15 is 0 Å². The van der Waals surface area contributed by atoms with E-state index in [0.29, 0.717) is 0 Å². The van der Waals surface area contributed by atoms with Crippen LogP contribution in [-0.2, 0) is 6.42 Å². The molecule has 0 saturated carbocycles. The Morgan fingerprint density at radius 2 is 2.08 bits per heavy atom. The Hall–Kier alpha value is 0.110. The van der Waals surface area contributed by atoms with Gasteiger partial charge in [-0.05, 0) is 36.6 Å². The highest BCUT2D eigenvalue weighted by molar-refractivity contribution is 9.10. The van der Waals surface area contributed by atoms with Crippen molar-refractivity contribution in [1.29, 1.82) is 0 Å². The summed E-state index contributed by atoms with van der Waals surface area (Å²) in [4.78, 5) is 0. The zero-order chi connectivity index (χ0) is 8.97. The minimum absolute atomic E-state index is 0.112. The van der Waals surface area contributed by atoms with Crippen LogP contribution in [0.1, 0.15) is 12.0 Å². The van der Waals surface area contributed by atoms with Gasteiger partial charge in [0, 0.05) is 9.80 Å². The predicted octanol–water partition coefficient (Wildman–Crippen LogP) is 3.92. The Bertz CT molecular complexity index is 261. The fourth-order valence-electron chi connectivity index (χ4n) is 0.992. The monoisotopic (exact) mass is 294 g/mol. The summed E-state index contributed by atoms with van der Waals surface area (Å²) in [5.41, 5.74) is 0.781. The molecule has 0 fully saturated rings. The van der Waals surface area contributed by atoms with E-state index in [4.69, 9.17) is 0 Å². The van der Waals surface area contributed by atoms with Crippen LogP contribution in [0.25, 0.3) is 0 Å². The molecule has 3 heteroatoms. The topological polar surface area (TPSA) is 0 Å². The van der Waals surface area contributed by atoms with Crippen molar-refractivity contribution in [3.63, 3.8) is 0 Å². The van der Waals surface area contributed by atoms with Crippen molar-refractivity contribution in [1.82, 2.24) is 0 Å². The Balaban J connectivity index is 2.75. The van der Waals surface area contributed by atoms with E-state index < -0.39 is 0 Å². The van der Waals surface area contributed by atoms with E-state index in [1.165, 1.54) is 6.07 Å². The van der Waals surface area contributed by atoms with Gasteiger partial charge in [-0.15, -0.1) is 0 Å². The van der Waals surface area contributed by atoms with Crippen LogP contribution in [0.5, 0.6) is 0 Å². The van der Waals surface area contributed by atoms with Crippen LogP contribution in [0.15, 0.2) is 22.7 Å². The molecule has 1 rings (SSSR count). The number of hydrogen-bond acceptors (Lipinski definition) is 0. The molecule has 0 unspecified atom stereocenters. The fourth-order valence-corrected chi connectivity index (χ4v) is 1.68. The number of hydrogen-bond donors (Lipinski definition) is 0. The maximum Gasteiger partial charge on any atom is 0.126 e. The molecular weight excluding hydrogens is 287 g/mol. The lowest BCUT2D eigenvalue weighted by Gasteiger charge is -2.01. The molecule has 0 bridgehead atoms. The van der Waals surface area contributed by atoms with Crippen molar-refractivity contribution in [3.8, 4) is 0 Å². The summed E-state index contributed by atoms with van der Waals surface area (Å²) in [5.74, 6) is -0.112. The predicted molar refractivity (Wildman–Crippen MR) is 56.2 cm³/mol. The molecule has 0 aliphatic carbocycles. The Morgan fingerprint density at radius 1 is 1.33 bits per heavy atom. The molecule has 0 aliphatic heterocycles. The average Bonchev–Trinajstić information content (AvgIpc) is 2.07. The van der Waals surface area contributed by atoms with Crippen LogP contribution in [0.2, 0.25) is 0 Å². The van der Waals surface area contributed by atoms with Gasteiger partial charge in [-0.2, -0.15) is 0 Å². The second kappa shape index (κ2) is 4.97. The summed E-state index contributed by atoms with van der Waals surface area (Å²) < 4.78 is 14.0. The highest BCUT2D eigenvalue weighted by Crippen LogP contribution is 2.16. The van der Waals surface area contributed by atoms with Crippen molar-refractivity contribution in [2.75, 3.05) is 5.33 Å². The molecule has 66 valence electrons. The van der Waals surface area contributed by atoms with Crippen molar-refractivity contribution < 1.29 is 4.39 Å². The van der Waals surface area contributed by atoms with Crippen molar-refractivity contribution in [3.05, 3.63) is 34.1 Å². The molecule has 0 nitrogen and oxygen atoms in total. The molecule has 12 heavy (non-hydrogen) atoms. The normalized spacial score (nSPS) is 10.2. The Labute approximate surface area is 88.4 Å². The van der Waals surface area contributed by atoms with Gasteiger partial charge in [-0.1, -0.05) is 31.9 Å². The quantitative estimate of drug-likeness (QED) is 0.742. The summed E-state index contributed by atoms with van der Waals surface area (Å²) in [6, 6.07) is 5.04. The highest BCUT2D eigenvalue weighted by Gasteiger charge is 2.01. The van der Waals surface area contributed by atoms with Gasteiger partial charge in [0.1, 0.15) is 5.82 Å². The van der Waals surface area contributed by atoms with Crippen molar-refractivity contribution in [2.24, 2.45) is 0 Å². The average molecular weight is 296 g/mol. The summed E-state index contributed by atoms with van der Waals surface area (Å²) in [6.45, 7) is 0. The fraction of sp³-hybridized carbons (Fsp3) is 0.333. The Morgan fingerprint density at radius 3 is 2.75 bits per heavy atom. The van der Waals surface area contributed by atoms with E-state index in [2.05, 4.69) is 31.9 Å². The third-order valence-corrected chi connectivity index (χ3v) is 2.64. The van der Waals surface area contributed by atoms with Crippen LogP contribution in [-0.4, -0.2) is 5.33 Å². The van der Waals surface area contributed by atoms with Crippen LogP contribution in [0, 0.1) is 5.82 Å². The van der Waals surface area contributed by atoms with Gasteiger partial charge in [-0.25, -0.2) is 4.39 Å². The van der Waals surface area contributed by atoms with E-state index in [9.17, 15) is 4.39 Å². The lowest BCUT2D eigenvalue weighted by Crippen LogP contribution is -1.90. The third-order valence-electron chi connectivity index (χ3n) is 1.59. The molecule has 0 heterocycles. The van der Waals surface area contributed by atoms with Gasteiger partial charge in [0.2, 0.25) is 0 Å². The van der Waals surface area contributed by atoms with Gasteiger partial charge in [0.25, 0.3) is 0 Å². The summed E-state index contributed by atoms with van der Waals surface area (Å²) in [7, 11) is 0. The maximum atomic E-state index is 13.1. The molecule has 1 aromatic carbocycles. The third kappa shape index (κ3) is 2.87. The van der Waals surface area contributed by atoms with E-state index in [1.54, 1.807) is 6.07 Å². The largest absolute Gasteiger partial charge is 0.207 e. The molecule has 1 aromatic rings. The molecule has 0 aromatic heterocycles. The first-order chi connectivity index (χ1) is 5.74. The van der Waals surface area contributed by atoms with Crippen LogP contribution >= 0.6 is 31.9 Å². The van der Waals surface area contributed by atoms with Crippen LogP contribution in [0.4, 0.5) is 4.39 Å². The molecule has 0 saturated heterocycles. The smallest absolute Gasteiger partial charge is 0.126 e. The highest BCUT2D eigenvalue weighted by atomic mass is 79.9. The minimum Gasteiger partial charge on any atom is -0.207 e. The summed E-state index contributed by atoms with van der Waals surface area (Å²) >= 11 is 6.63. The zero-order valence-electron chi connectivity index (χ0n) is 6.49. The van der Waals surface area contributed by atoms with Gasteiger partial charge >= 0.3 is 0 Å². The second-order valence-corrected chi connectivity index (χ2v) is 4.24. The van der Waals surface area contributed by atoms with E-state index in [1.807, 2.05) is 6.07 Å². The van der Waals surface area contributed by atoms with Gasteiger partial charge in [0.05, 0.1) is 0 Å². The number of alkyl halides is 1. The first kappa shape index (κ1) is 10.2. The number of aryl methyl sites for hydroxylation is 1. The minimum atomic E-state index is -0.112. The van der Waals surface area contributed by atoms with Gasteiger partial charge in [0.15, 0.2) is 0 Å². The molecule has 0 aliphatic rings. The zero-order valence-corrected chi connectivity index (χ0v) is 9.66. The summed E-state index contributed by atoms with van der Waals surface area (Å²) in [6.07, 6.45) is 1.75. The molecular formula is C9H9Br2F. The van der Waals surface area contributed by atoms with Gasteiger partial charge < -0.3 is 0 Å². The van der Waals surface area contributed by atoms with Crippen molar-refractivity contribution in [2.45, 2.75) is 12.8 Å². The molecule has 0 radical (unpaired) electrons. The maximum absolute atomic E-state index is 13.1.